The van der Waals surface area contributed by atoms with Crippen LogP contribution in [0, 0.1) is 6.92 Å². The standard InChI is InChI=1S/C16H20N6O/c1-10(13-5-7-17-8-6-13)18-16(23)12(3)22-9-14-15(20-22)11(2)19-21(14)4/h5-10,12H,1-4H3,(H,18,23)/t10-,12-/m1/s1. The summed E-state index contributed by atoms with van der Waals surface area (Å²) in [5, 5.41) is 11.8. The maximum absolute atomic E-state index is 12.5. The first-order valence-corrected chi connectivity index (χ1v) is 7.56. The lowest BCUT2D eigenvalue weighted by Crippen LogP contribution is -2.33. The Morgan fingerprint density at radius 1 is 1.22 bits per heavy atom. The normalized spacial score (nSPS) is 13.9. The van der Waals surface area contributed by atoms with Crippen molar-refractivity contribution in [2.24, 2.45) is 7.05 Å². The highest BCUT2D eigenvalue weighted by Crippen LogP contribution is 2.19. The smallest absolute Gasteiger partial charge is 0.245 e. The van der Waals surface area contributed by atoms with Crippen molar-refractivity contribution < 1.29 is 4.79 Å². The molecule has 0 aliphatic heterocycles. The van der Waals surface area contributed by atoms with Crippen molar-refractivity contribution >= 4 is 16.9 Å². The minimum Gasteiger partial charge on any atom is -0.348 e. The Labute approximate surface area is 134 Å². The van der Waals surface area contributed by atoms with Crippen LogP contribution in [0.1, 0.15) is 37.2 Å². The first-order chi connectivity index (χ1) is 11.0. The summed E-state index contributed by atoms with van der Waals surface area (Å²) >= 11 is 0. The van der Waals surface area contributed by atoms with Crippen LogP contribution < -0.4 is 5.32 Å². The van der Waals surface area contributed by atoms with Crippen LogP contribution in [0.15, 0.2) is 30.7 Å². The van der Waals surface area contributed by atoms with E-state index in [-0.39, 0.29) is 11.9 Å². The highest BCUT2D eigenvalue weighted by molar-refractivity contribution is 5.82. The number of carbonyl (C=O) groups excluding carboxylic acids is 1. The number of rotatable bonds is 4. The molecule has 0 spiro atoms. The molecule has 3 aromatic rings. The zero-order chi connectivity index (χ0) is 16.6. The first kappa shape index (κ1) is 15.2. The average molecular weight is 312 g/mol. The van der Waals surface area contributed by atoms with Crippen LogP contribution >= 0.6 is 0 Å². The summed E-state index contributed by atoms with van der Waals surface area (Å²) in [6.07, 6.45) is 5.30. The Morgan fingerprint density at radius 3 is 2.57 bits per heavy atom. The van der Waals surface area contributed by atoms with Crippen LogP contribution in [-0.2, 0) is 11.8 Å². The summed E-state index contributed by atoms with van der Waals surface area (Å²) in [4.78, 5) is 16.5. The molecule has 0 radical (unpaired) electrons. The highest BCUT2D eigenvalue weighted by Gasteiger charge is 2.20. The number of aryl methyl sites for hydroxylation is 2. The number of nitrogens with zero attached hydrogens (tertiary/aromatic N) is 5. The van der Waals surface area contributed by atoms with Crippen LogP contribution in [0.2, 0.25) is 0 Å². The number of pyridine rings is 1. The number of nitrogens with one attached hydrogen (secondary N) is 1. The van der Waals surface area contributed by atoms with Gasteiger partial charge in [0.25, 0.3) is 0 Å². The fourth-order valence-electron chi connectivity index (χ4n) is 2.59. The predicted molar refractivity (Wildman–Crippen MR) is 86.7 cm³/mol. The van der Waals surface area contributed by atoms with Crippen LogP contribution in [0.4, 0.5) is 0 Å². The summed E-state index contributed by atoms with van der Waals surface area (Å²) in [5.74, 6) is -0.0762. The van der Waals surface area contributed by atoms with Gasteiger partial charge in [-0.05, 0) is 38.5 Å². The lowest BCUT2D eigenvalue weighted by molar-refractivity contribution is -0.124. The molecule has 7 heteroatoms. The minimum atomic E-state index is -0.397. The molecule has 3 heterocycles. The van der Waals surface area contributed by atoms with Gasteiger partial charge in [-0.15, -0.1) is 0 Å². The molecule has 2 atom stereocenters. The topological polar surface area (TPSA) is 77.6 Å². The molecule has 1 N–H and O–H groups in total. The van der Waals surface area contributed by atoms with Gasteiger partial charge in [-0.25, -0.2) is 0 Å². The predicted octanol–water partition coefficient (Wildman–Crippen LogP) is 1.91. The molecule has 3 rings (SSSR count). The molecule has 0 saturated heterocycles. The van der Waals surface area contributed by atoms with Gasteiger partial charge in [0.2, 0.25) is 5.91 Å². The third kappa shape index (κ3) is 2.81. The minimum absolute atomic E-state index is 0.0762. The second-order valence-corrected chi connectivity index (χ2v) is 5.74. The first-order valence-electron chi connectivity index (χ1n) is 7.56. The number of amides is 1. The highest BCUT2D eigenvalue weighted by atomic mass is 16.2. The molecule has 0 aromatic carbocycles. The molecule has 23 heavy (non-hydrogen) atoms. The van der Waals surface area contributed by atoms with Crippen molar-refractivity contribution in [3.05, 3.63) is 42.0 Å². The van der Waals surface area contributed by atoms with Gasteiger partial charge < -0.3 is 5.32 Å². The number of carbonyl (C=O) groups is 1. The van der Waals surface area contributed by atoms with Crippen molar-refractivity contribution in [3.63, 3.8) is 0 Å². The van der Waals surface area contributed by atoms with E-state index in [2.05, 4.69) is 20.5 Å². The number of hydrogen-bond donors (Lipinski definition) is 1. The van der Waals surface area contributed by atoms with E-state index in [1.165, 1.54) is 0 Å². The Kier molecular flexibility index (Phi) is 3.85. The van der Waals surface area contributed by atoms with Crippen LogP contribution in [0.25, 0.3) is 11.0 Å². The largest absolute Gasteiger partial charge is 0.348 e. The lowest BCUT2D eigenvalue weighted by Gasteiger charge is -2.18. The molecule has 0 aliphatic carbocycles. The van der Waals surface area contributed by atoms with Gasteiger partial charge in [-0.1, -0.05) is 0 Å². The van der Waals surface area contributed by atoms with E-state index in [4.69, 9.17) is 0 Å². The second-order valence-electron chi connectivity index (χ2n) is 5.74. The molecule has 0 fully saturated rings. The van der Waals surface area contributed by atoms with Gasteiger partial charge in [0, 0.05) is 19.4 Å². The molecule has 7 nitrogen and oxygen atoms in total. The second kappa shape index (κ2) is 5.83. The zero-order valence-electron chi connectivity index (χ0n) is 13.7. The van der Waals surface area contributed by atoms with Gasteiger partial charge in [0.15, 0.2) is 0 Å². The van der Waals surface area contributed by atoms with E-state index in [1.807, 2.05) is 46.1 Å². The molecular weight excluding hydrogens is 292 g/mol. The summed E-state index contributed by atoms with van der Waals surface area (Å²) in [6.45, 7) is 5.70. The zero-order valence-corrected chi connectivity index (χ0v) is 13.7. The third-order valence-electron chi connectivity index (χ3n) is 4.05. The van der Waals surface area contributed by atoms with Gasteiger partial charge in [-0.2, -0.15) is 10.2 Å². The molecule has 120 valence electrons. The fourth-order valence-corrected chi connectivity index (χ4v) is 2.59. The molecule has 1 amide bonds. The van der Waals surface area contributed by atoms with Crippen molar-refractivity contribution in [2.75, 3.05) is 0 Å². The third-order valence-corrected chi connectivity index (χ3v) is 4.05. The van der Waals surface area contributed by atoms with Gasteiger partial charge >= 0.3 is 0 Å². The summed E-state index contributed by atoms with van der Waals surface area (Å²) < 4.78 is 3.46. The molecule has 0 aliphatic rings. The van der Waals surface area contributed by atoms with E-state index in [0.29, 0.717) is 0 Å². The van der Waals surface area contributed by atoms with Gasteiger partial charge in [0.05, 0.1) is 17.9 Å². The Morgan fingerprint density at radius 2 is 1.91 bits per heavy atom. The number of hydrogen-bond acceptors (Lipinski definition) is 4. The van der Waals surface area contributed by atoms with E-state index in [1.54, 1.807) is 21.8 Å². The lowest BCUT2D eigenvalue weighted by atomic mass is 10.1. The number of fused-ring (bicyclic) bond motifs is 1. The maximum Gasteiger partial charge on any atom is 0.245 e. The molecule has 0 unspecified atom stereocenters. The van der Waals surface area contributed by atoms with E-state index in [0.717, 1.165) is 22.3 Å². The van der Waals surface area contributed by atoms with E-state index >= 15 is 0 Å². The summed E-state index contributed by atoms with van der Waals surface area (Å²) in [7, 11) is 1.87. The van der Waals surface area contributed by atoms with Gasteiger partial charge in [0.1, 0.15) is 17.1 Å². The van der Waals surface area contributed by atoms with E-state index < -0.39 is 6.04 Å². The Hall–Kier alpha value is -2.70. The van der Waals surface area contributed by atoms with Crippen molar-refractivity contribution in [3.8, 4) is 0 Å². The van der Waals surface area contributed by atoms with Gasteiger partial charge in [-0.3, -0.25) is 19.1 Å². The number of aromatic nitrogens is 5. The monoisotopic (exact) mass is 312 g/mol. The fraction of sp³-hybridized carbons (Fsp3) is 0.375. The average Bonchev–Trinajstić information content (AvgIpc) is 3.09. The molecule has 0 saturated carbocycles. The van der Waals surface area contributed by atoms with Crippen LogP contribution in [0.3, 0.4) is 0 Å². The van der Waals surface area contributed by atoms with Crippen LogP contribution in [-0.4, -0.2) is 30.5 Å². The van der Waals surface area contributed by atoms with E-state index in [9.17, 15) is 4.79 Å². The Bertz CT molecular complexity index is 801. The van der Waals surface area contributed by atoms with Crippen LogP contribution in [0.5, 0.6) is 0 Å². The SMILES string of the molecule is Cc1nn(C)c2cn([C@H](C)C(=O)N[C@H](C)c3ccncc3)nc12. The molecule has 0 bridgehead atoms. The Balaban J connectivity index is 1.77. The molecule has 3 aromatic heterocycles. The van der Waals surface area contributed by atoms with Crippen molar-refractivity contribution in [2.45, 2.75) is 32.9 Å². The maximum atomic E-state index is 12.5. The van der Waals surface area contributed by atoms with Crippen molar-refractivity contribution in [1.82, 2.24) is 29.9 Å². The van der Waals surface area contributed by atoms with Crippen molar-refractivity contribution in [1.29, 1.82) is 0 Å². The summed E-state index contributed by atoms with van der Waals surface area (Å²) in [6, 6.07) is 3.31. The summed E-state index contributed by atoms with van der Waals surface area (Å²) in [5.41, 5.74) is 3.63. The molecular formula is C16H20N6O. The quantitative estimate of drug-likeness (QED) is 0.798.